The van der Waals surface area contributed by atoms with E-state index in [1.165, 1.54) is 5.56 Å². The van der Waals surface area contributed by atoms with Crippen molar-refractivity contribution in [2.45, 2.75) is 44.6 Å². The summed E-state index contributed by atoms with van der Waals surface area (Å²) in [7, 11) is 0. The molecule has 0 aliphatic heterocycles. The highest BCUT2D eigenvalue weighted by molar-refractivity contribution is 5.78. The maximum Gasteiger partial charge on any atom is 0.306 e. The quantitative estimate of drug-likeness (QED) is 0.838. The van der Waals surface area contributed by atoms with Crippen molar-refractivity contribution in [3.05, 3.63) is 35.9 Å². The first-order valence-corrected chi connectivity index (χ1v) is 7.17. The summed E-state index contributed by atoms with van der Waals surface area (Å²) in [5.41, 5.74) is 1.18. The van der Waals surface area contributed by atoms with E-state index >= 15 is 0 Å². The minimum absolute atomic E-state index is 0.0227. The molecule has 0 radical (unpaired) electrons. The molecule has 4 nitrogen and oxygen atoms in total. The fourth-order valence-corrected chi connectivity index (χ4v) is 2.67. The van der Waals surface area contributed by atoms with Crippen LogP contribution in [0.5, 0.6) is 0 Å². The number of carboxylic acid groups (broad SMARTS) is 1. The molecule has 2 rings (SSSR count). The topological polar surface area (TPSA) is 66.4 Å². The Kier molecular flexibility index (Phi) is 4.77. The predicted molar refractivity (Wildman–Crippen MR) is 76.4 cm³/mol. The van der Waals surface area contributed by atoms with E-state index in [2.05, 4.69) is 12.2 Å². The SMILES string of the molecule is CCC(CC(=O)NC1CC(C(=O)O)C1)c1ccccc1. The second kappa shape index (κ2) is 6.55. The first-order valence-electron chi connectivity index (χ1n) is 7.17. The molecule has 4 heteroatoms. The van der Waals surface area contributed by atoms with Gasteiger partial charge in [0, 0.05) is 12.5 Å². The van der Waals surface area contributed by atoms with E-state index in [-0.39, 0.29) is 23.8 Å². The van der Waals surface area contributed by atoms with Crippen molar-refractivity contribution in [3.8, 4) is 0 Å². The lowest BCUT2D eigenvalue weighted by Crippen LogP contribution is -2.46. The van der Waals surface area contributed by atoms with Crippen molar-refractivity contribution in [1.29, 1.82) is 0 Å². The summed E-state index contributed by atoms with van der Waals surface area (Å²) in [6.07, 6.45) is 2.50. The van der Waals surface area contributed by atoms with Gasteiger partial charge in [0.15, 0.2) is 0 Å². The predicted octanol–water partition coefficient (Wildman–Crippen LogP) is 2.55. The second-order valence-corrected chi connectivity index (χ2v) is 5.49. The van der Waals surface area contributed by atoms with Crippen LogP contribution >= 0.6 is 0 Å². The summed E-state index contributed by atoms with van der Waals surface area (Å²) >= 11 is 0. The first-order chi connectivity index (χ1) is 9.60. The Bertz CT molecular complexity index is 466. The molecule has 1 aromatic carbocycles. The van der Waals surface area contributed by atoms with Crippen LogP contribution in [0, 0.1) is 5.92 Å². The maximum atomic E-state index is 12.0. The summed E-state index contributed by atoms with van der Waals surface area (Å²) in [4.78, 5) is 22.7. The van der Waals surface area contributed by atoms with Gasteiger partial charge in [0.1, 0.15) is 0 Å². The molecule has 1 atom stereocenters. The minimum atomic E-state index is -0.758. The summed E-state index contributed by atoms with van der Waals surface area (Å²) < 4.78 is 0. The van der Waals surface area contributed by atoms with Crippen LogP contribution in [0.1, 0.15) is 44.1 Å². The fraction of sp³-hybridized carbons (Fsp3) is 0.500. The molecule has 0 saturated heterocycles. The molecule has 1 aromatic rings. The standard InChI is InChI=1S/C16H21NO3/c1-2-11(12-6-4-3-5-7-12)10-15(18)17-14-8-13(9-14)16(19)20/h3-7,11,13-14H,2,8-10H2,1H3,(H,17,18)(H,19,20). The van der Waals surface area contributed by atoms with Gasteiger partial charge in [-0.25, -0.2) is 0 Å². The molecule has 1 fully saturated rings. The number of rotatable bonds is 6. The van der Waals surface area contributed by atoms with Gasteiger partial charge in [0.25, 0.3) is 0 Å². The van der Waals surface area contributed by atoms with E-state index < -0.39 is 5.97 Å². The van der Waals surface area contributed by atoms with Crippen LogP contribution in [0.3, 0.4) is 0 Å². The fourth-order valence-electron chi connectivity index (χ4n) is 2.67. The first kappa shape index (κ1) is 14.6. The average Bonchev–Trinajstić information content (AvgIpc) is 2.40. The molecule has 1 aliphatic carbocycles. The van der Waals surface area contributed by atoms with Crippen LogP contribution < -0.4 is 5.32 Å². The van der Waals surface area contributed by atoms with Crippen LogP contribution in [0.15, 0.2) is 30.3 Å². The normalized spacial score (nSPS) is 22.6. The van der Waals surface area contributed by atoms with E-state index in [4.69, 9.17) is 5.11 Å². The summed E-state index contributed by atoms with van der Waals surface area (Å²) in [6, 6.07) is 10.1. The lowest BCUT2D eigenvalue weighted by Gasteiger charge is -2.33. The molecule has 0 bridgehead atoms. The van der Waals surface area contributed by atoms with Crippen LogP contribution in [0.2, 0.25) is 0 Å². The Hall–Kier alpha value is -1.84. The van der Waals surface area contributed by atoms with E-state index in [0.29, 0.717) is 19.3 Å². The van der Waals surface area contributed by atoms with Crippen molar-refractivity contribution in [2.24, 2.45) is 5.92 Å². The van der Waals surface area contributed by atoms with Crippen molar-refractivity contribution in [1.82, 2.24) is 5.32 Å². The number of amides is 1. The highest BCUT2D eigenvalue weighted by atomic mass is 16.4. The van der Waals surface area contributed by atoms with Crippen LogP contribution in [-0.2, 0) is 9.59 Å². The third-order valence-electron chi connectivity index (χ3n) is 4.05. The number of benzene rings is 1. The number of hydrogen-bond donors (Lipinski definition) is 2. The molecule has 0 aromatic heterocycles. The van der Waals surface area contributed by atoms with Crippen LogP contribution in [-0.4, -0.2) is 23.0 Å². The van der Waals surface area contributed by atoms with Gasteiger partial charge in [0.2, 0.25) is 5.91 Å². The van der Waals surface area contributed by atoms with Crippen molar-refractivity contribution < 1.29 is 14.7 Å². The van der Waals surface area contributed by atoms with Crippen LogP contribution in [0.25, 0.3) is 0 Å². The number of carboxylic acids is 1. The monoisotopic (exact) mass is 275 g/mol. The zero-order chi connectivity index (χ0) is 14.5. The van der Waals surface area contributed by atoms with Gasteiger partial charge in [-0.3, -0.25) is 9.59 Å². The smallest absolute Gasteiger partial charge is 0.306 e. The third-order valence-corrected chi connectivity index (χ3v) is 4.05. The minimum Gasteiger partial charge on any atom is -0.481 e. The highest BCUT2D eigenvalue weighted by Gasteiger charge is 2.35. The third kappa shape index (κ3) is 3.59. The van der Waals surface area contributed by atoms with Gasteiger partial charge in [-0.15, -0.1) is 0 Å². The summed E-state index contributed by atoms with van der Waals surface area (Å²) in [6.45, 7) is 2.08. The second-order valence-electron chi connectivity index (χ2n) is 5.49. The molecule has 1 amide bonds. The molecular formula is C16H21NO3. The molecule has 1 aliphatic rings. The zero-order valence-corrected chi connectivity index (χ0v) is 11.7. The highest BCUT2D eigenvalue weighted by Crippen LogP contribution is 2.28. The van der Waals surface area contributed by atoms with Gasteiger partial charge < -0.3 is 10.4 Å². The Morgan fingerprint density at radius 1 is 1.30 bits per heavy atom. The van der Waals surface area contributed by atoms with Crippen molar-refractivity contribution in [2.75, 3.05) is 0 Å². The number of hydrogen-bond acceptors (Lipinski definition) is 2. The average molecular weight is 275 g/mol. The maximum absolute atomic E-state index is 12.0. The van der Waals surface area contributed by atoms with Crippen LogP contribution in [0.4, 0.5) is 0 Å². The number of aliphatic carboxylic acids is 1. The van der Waals surface area contributed by atoms with Gasteiger partial charge in [-0.2, -0.15) is 0 Å². The van der Waals surface area contributed by atoms with Crippen molar-refractivity contribution in [3.63, 3.8) is 0 Å². The van der Waals surface area contributed by atoms with E-state index in [0.717, 1.165) is 6.42 Å². The Morgan fingerprint density at radius 2 is 1.95 bits per heavy atom. The van der Waals surface area contributed by atoms with Gasteiger partial charge >= 0.3 is 5.97 Å². The van der Waals surface area contributed by atoms with E-state index in [1.54, 1.807) is 0 Å². The molecular weight excluding hydrogens is 254 g/mol. The van der Waals surface area contributed by atoms with E-state index in [1.807, 2.05) is 30.3 Å². The number of carbonyl (C=O) groups is 2. The van der Waals surface area contributed by atoms with Gasteiger partial charge in [-0.1, -0.05) is 37.3 Å². The van der Waals surface area contributed by atoms with Crippen molar-refractivity contribution >= 4 is 11.9 Å². The molecule has 0 heterocycles. The van der Waals surface area contributed by atoms with Gasteiger partial charge in [0.05, 0.1) is 5.92 Å². The summed E-state index contributed by atoms with van der Waals surface area (Å²) in [5.74, 6) is -0.788. The molecule has 0 spiro atoms. The molecule has 1 saturated carbocycles. The zero-order valence-electron chi connectivity index (χ0n) is 11.7. The Morgan fingerprint density at radius 3 is 2.50 bits per heavy atom. The lowest BCUT2D eigenvalue weighted by molar-refractivity contribution is -0.146. The molecule has 20 heavy (non-hydrogen) atoms. The number of carbonyl (C=O) groups excluding carboxylic acids is 1. The summed E-state index contributed by atoms with van der Waals surface area (Å²) in [5, 5.41) is 11.7. The molecule has 2 N–H and O–H groups in total. The molecule has 1 unspecified atom stereocenters. The Balaban J connectivity index is 1.81. The largest absolute Gasteiger partial charge is 0.481 e. The molecule has 108 valence electrons. The number of nitrogens with one attached hydrogen (secondary N) is 1. The van der Waals surface area contributed by atoms with Gasteiger partial charge in [-0.05, 0) is 30.7 Å². The van der Waals surface area contributed by atoms with E-state index in [9.17, 15) is 9.59 Å². The Labute approximate surface area is 119 Å². The lowest BCUT2D eigenvalue weighted by atomic mass is 9.80.